The SMILES string of the molecule is CC(C)Cc1nc2sccc2c(=O)n1Cc1ccccc1. The van der Waals surface area contributed by atoms with E-state index in [9.17, 15) is 4.79 Å². The highest BCUT2D eigenvalue weighted by molar-refractivity contribution is 7.16. The molecule has 4 heteroatoms. The number of fused-ring (bicyclic) bond motifs is 1. The van der Waals surface area contributed by atoms with Crippen molar-refractivity contribution < 1.29 is 0 Å². The fraction of sp³-hybridized carbons (Fsp3) is 0.294. The van der Waals surface area contributed by atoms with E-state index in [1.165, 1.54) is 11.3 Å². The maximum atomic E-state index is 12.7. The third kappa shape index (κ3) is 2.90. The maximum absolute atomic E-state index is 12.7. The lowest BCUT2D eigenvalue weighted by Crippen LogP contribution is -2.26. The zero-order valence-corrected chi connectivity index (χ0v) is 13.1. The molecule has 0 saturated heterocycles. The third-order valence-corrected chi connectivity index (χ3v) is 4.24. The van der Waals surface area contributed by atoms with Crippen molar-refractivity contribution in [3.05, 3.63) is 63.5 Å². The van der Waals surface area contributed by atoms with Crippen LogP contribution in [0.5, 0.6) is 0 Å². The molecule has 0 fully saturated rings. The summed E-state index contributed by atoms with van der Waals surface area (Å²) in [5.74, 6) is 1.35. The van der Waals surface area contributed by atoms with Gasteiger partial charge in [-0.3, -0.25) is 9.36 Å². The molecule has 0 bridgehead atoms. The minimum Gasteiger partial charge on any atom is -0.292 e. The molecule has 21 heavy (non-hydrogen) atoms. The van der Waals surface area contributed by atoms with Crippen LogP contribution in [0.1, 0.15) is 25.2 Å². The monoisotopic (exact) mass is 298 g/mol. The Bertz CT molecular complexity index is 803. The summed E-state index contributed by atoms with van der Waals surface area (Å²) >= 11 is 1.53. The molecule has 3 rings (SSSR count). The van der Waals surface area contributed by atoms with E-state index in [1.54, 1.807) is 0 Å². The van der Waals surface area contributed by atoms with Gasteiger partial charge in [0.25, 0.3) is 5.56 Å². The fourth-order valence-electron chi connectivity index (χ4n) is 2.44. The van der Waals surface area contributed by atoms with Crippen molar-refractivity contribution in [1.29, 1.82) is 0 Å². The van der Waals surface area contributed by atoms with E-state index >= 15 is 0 Å². The van der Waals surface area contributed by atoms with Gasteiger partial charge < -0.3 is 0 Å². The van der Waals surface area contributed by atoms with Crippen LogP contribution >= 0.6 is 11.3 Å². The smallest absolute Gasteiger partial charge is 0.262 e. The van der Waals surface area contributed by atoms with Gasteiger partial charge in [-0.1, -0.05) is 44.2 Å². The Morgan fingerprint density at radius 3 is 2.67 bits per heavy atom. The Labute approximate surface area is 127 Å². The van der Waals surface area contributed by atoms with Gasteiger partial charge in [0.2, 0.25) is 0 Å². The Kier molecular flexibility index (Phi) is 3.88. The second-order valence-electron chi connectivity index (χ2n) is 5.64. The molecule has 1 aromatic carbocycles. The molecular formula is C17H18N2OS. The van der Waals surface area contributed by atoms with E-state index in [2.05, 4.69) is 13.8 Å². The van der Waals surface area contributed by atoms with E-state index in [0.717, 1.165) is 28.0 Å². The average molecular weight is 298 g/mol. The second kappa shape index (κ2) is 5.82. The topological polar surface area (TPSA) is 34.9 Å². The first kappa shape index (κ1) is 14.0. The van der Waals surface area contributed by atoms with Crippen LogP contribution in [-0.2, 0) is 13.0 Å². The highest BCUT2D eigenvalue weighted by Gasteiger charge is 2.13. The van der Waals surface area contributed by atoms with Crippen LogP contribution in [0.15, 0.2) is 46.6 Å². The minimum absolute atomic E-state index is 0.0701. The van der Waals surface area contributed by atoms with E-state index in [1.807, 2.05) is 46.3 Å². The molecule has 0 radical (unpaired) electrons. The summed E-state index contributed by atoms with van der Waals surface area (Å²) < 4.78 is 1.82. The number of aromatic nitrogens is 2. The maximum Gasteiger partial charge on any atom is 0.262 e. The fourth-order valence-corrected chi connectivity index (χ4v) is 3.21. The molecule has 0 N–H and O–H groups in total. The molecule has 3 aromatic rings. The molecule has 2 heterocycles. The van der Waals surface area contributed by atoms with Crippen LogP contribution in [0.25, 0.3) is 10.2 Å². The highest BCUT2D eigenvalue weighted by atomic mass is 32.1. The molecule has 0 aliphatic heterocycles. The number of hydrogen-bond donors (Lipinski definition) is 0. The molecule has 0 aliphatic rings. The van der Waals surface area contributed by atoms with Gasteiger partial charge in [-0.05, 0) is 22.9 Å². The lowest BCUT2D eigenvalue weighted by molar-refractivity contribution is 0.574. The van der Waals surface area contributed by atoms with Crippen LogP contribution in [-0.4, -0.2) is 9.55 Å². The summed E-state index contributed by atoms with van der Waals surface area (Å²) in [6, 6.07) is 11.9. The molecular weight excluding hydrogens is 280 g/mol. The van der Waals surface area contributed by atoms with E-state index in [0.29, 0.717) is 12.5 Å². The first-order valence-electron chi connectivity index (χ1n) is 7.16. The van der Waals surface area contributed by atoms with Crippen molar-refractivity contribution in [2.45, 2.75) is 26.8 Å². The van der Waals surface area contributed by atoms with Crippen molar-refractivity contribution in [3.8, 4) is 0 Å². The Balaban J connectivity index is 2.13. The van der Waals surface area contributed by atoms with Crippen LogP contribution in [0.2, 0.25) is 0 Å². The van der Waals surface area contributed by atoms with E-state index in [4.69, 9.17) is 4.98 Å². The summed E-state index contributed by atoms with van der Waals surface area (Å²) in [6.07, 6.45) is 0.815. The summed E-state index contributed by atoms with van der Waals surface area (Å²) in [6.45, 7) is 4.88. The van der Waals surface area contributed by atoms with Crippen molar-refractivity contribution in [2.24, 2.45) is 5.92 Å². The quantitative estimate of drug-likeness (QED) is 0.736. The zero-order valence-electron chi connectivity index (χ0n) is 12.2. The Hall–Kier alpha value is -1.94. The second-order valence-corrected chi connectivity index (χ2v) is 6.54. The van der Waals surface area contributed by atoms with Gasteiger partial charge in [0.15, 0.2) is 0 Å². The van der Waals surface area contributed by atoms with E-state index < -0.39 is 0 Å². The molecule has 108 valence electrons. The molecule has 3 nitrogen and oxygen atoms in total. The van der Waals surface area contributed by atoms with Gasteiger partial charge in [0, 0.05) is 6.42 Å². The van der Waals surface area contributed by atoms with Gasteiger partial charge in [-0.25, -0.2) is 4.98 Å². The van der Waals surface area contributed by atoms with Crippen LogP contribution in [0.3, 0.4) is 0 Å². The van der Waals surface area contributed by atoms with Gasteiger partial charge in [-0.15, -0.1) is 11.3 Å². The number of thiophene rings is 1. The standard InChI is InChI=1S/C17H18N2OS/c1-12(2)10-15-18-16-14(8-9-21-16)17(20)19(15)11-13-6-4-3-5-7-13/h3-9,12H,10-11H2,1-2H3. The van der Waals surface area contributed by atoms with Crippen molar-refractivity contribution >= 4 is 21.6 Å². The first-order valence-corrected chi connectivity index (χ1v) is 8.04. The van der Waals surface area contributed by atoms with Gasteiger partial charge in [0.05, 0.1) is 11.9 Å². The van der Waals surface area contributed by atoms with Crippen molar-refractivity contribution in [3.63, 3.8) is 0 Å². The Morgan fingerprint density at radius 2 is 1.95 bits per heavy atom. The third-order valence-electron chi connectivity index (χ3n) is 3.44. The van der Waals surface area contributed by atoms with Gasteiger partial charge in [-0.2, -0.15) is 0 Å². The minimum atomic E-state index is 0.0701. The van der Waals surface area contributed by atoms with Crippen molar-refractivity contribution in [2.75, 3.05) is 0 Å². The largest absolute Gasteiger partial charge is 0.292 e. The molecule has 0 saturated carbocycles. The predicted octanol–water partition coefficient (Wildman–Crippen LogP) is 3.70. The van der Waals surface area contributed by atoms with E-state index in [-0.39, 0.29) is 5.56 Å². The molecule has 0 aliphatic carbocycles. The zero-order chi connectivity index (χ0) is 14.8. The average Bonchev–Trinajstić information content (AvgIpc) is 2.92. The number of benzene rings is 1. The molecule has 0 amide bonds. The van der Waals surface area contributed by atoms with Crippen molar-refractivity contribution in [1.82, 2.24) is 9.55 Å². The molecule has 0 atom stereocenters. The molecule has 0 spiro atoms. The lowest BCUT2D eigenvalue weighted by atomic mass is 10.1. The number of rotatable bonds is 4. The highest BCUT2D eigenvalue weighted by Crippen LogP contribution is 2.17. The lowest BCUT2D eigenvalue weighted by Gasteiger charge is -2.14. The van der Waals surface area contributed by atoms with Crippen LogP contribution < -0.4 is 5.56 Å². The number of hydrogen-bond acceptors (Lipinski definition) is 3. The summed E-state index contributed by atoms with van der Waals surface area (Å²) in [5.41, 5.74) is 1.20. The van der Waals surface area contributed by atoms with Crippen LogP contribution in [0, 0.1) is 5.92 Å². The number of nitrogens with zero attached hydrogens (tertiary/aromatic N) is 2. The first-order chi connectivity index (χ1) is 10.1. The molecule has 0 unspecified atom stereocenters. The normalized spacial score (nSPS) is 11.4. The van der Waals surface area contributed by atoms with Crippen LogP contribution in [0.4, 0.5) is 0 Å². The van der Waals surface area contributed by atoms with Gasteiger partial charge >= 0.3 is 0 Å². The summed E-state index contributed by atoms with van der Waals surface area (Å²) in [7, 11) is 0. The summed E-state index contributed by atoms with van der Waals surface area (Å²) in [4.78, 5) is 18.3. The summed E-state index contributed by atoms with van der Waals surface area (Å²) in [5, 5.41) is 2.66. The van der Waals surface area contributed by atoms with Gasteiger partial charge in [0.1, 0.15) is 10.7 Å². The predicted molar refractivity (Wildman–Crippen MR) is 88.0 cm³/mol. The molecule has 2 aromatic heterocycles. The Morgan fingerprint density at radius 1 is 1.19 bits per heavy atom.